The molecule has 2 rings (SSSR count). The highest BCUT2D eigenvalue weighted by atomic mass is 32.2. The van der Waals surface area contributed by atoms with E-state index in [1.165, 1.54) is 12.8 Å². The number of hydrogen-bond donors (Lipinski definition) is 2. The second-order valence-electron chi connectivity index (χ2n) is 5.83. The number of carbonyl (C=O) groups excluding carboxylic acids is 1. The third-order valence-electron chi connectivity index (χ3n) is 3.93. The number of nitrogens with one attached hydrogen (secondary N) is 2. The first-order chi connectivity index (χ1) is 9.05. The van der Waals surface area contributed by atoms with Gasteiger partial charge in [-0.05, 0) is 18.8 Å². The molecule has 2 aliphatic rings. The molecule has 5 nitrogen and oxygen atoms in total. The van der Waals surface area contributed by atoms with Crippen molar-refractivity contribution in [3.05, 3.63) is 0 Å². The van der Waals surface area contributed by atoms with E-state index in [0.717, 1.165) is 38.8 Å². The Hall–Kier alpha value is -0.620. The zero-order valence-corrected chi connectivity index (χ0v) is 12.2. The molecule has 1 saturated heterocycles. The van der Waals surface area contributed by atoms with E-state index in [0.29, 0.717) is 0 Å². The van der Waals surface area contributed by atoms with Gasteiger partial charge in [-0.2, -0.15) is 0 Å². The Labute approximate surface area is 115 Å². The van der Waals surface area contributed by atoms with Crippen molar-refractivity contribution in [2.75, 3.05) is 24.6 Å². The van der Waals surface area contributed by atoms with E-state index in [2.05, 4.69) is 10.6 Å². The van der Waals surface area contributed by atoms with Crippen LogP contribution in [0.25, 0.3) is 0 Å². The molecular weight excluding hydrogens is 264 g/mol. The molecule has 0 bridgehead atoms. The molecule has 1 aliphatic heterocycles. The molecule has 19 heavy (non-hydrogen) atoms. The first-order valence-corrected chi connectivity index (χ1v) is 9.08. The fourth-order valence-electron chi connectivity index (χ4n) is 2.78. The Morgan fingerprint density at radius 3 is 2.26 bits per heavy atom. The molecule has 0 aromatic rings. The number of sulfone groups is 1. The van der Waals surface area contributed by atoms with Crippen LogP contribution in [0.4, 0.5) is 0 Å². The molecule has 0 spiro atoms. The van der Waals surface area contributed by atoms with E-state index in [1.54, 1.807) is 0 Å². The predicted octanol–water partition coefficient (Wildman–Crippen LogP) is 0.460. The van der Waals surface area contributed by atoms with Gasteiger partial charge in [0.1, 0.15) is 5.75 Å². The van der Waals surface area contributed by atoms with Crippen molar-refractivity contribution >= 4 is 15.7 Å². The fourth-order valence-corrected chi connectivity index (χ4v) is 4.33. The van der Waals surface area contributed by atoms with E-state index in [1.807, 2.05) is 0 Å². The third-order valence-corrected chi connectivity index (χ3v) is 5.61. The average molecular weight is 288 g/mol. The van der Waals surface area contributed by atoms with Gasteiger partial charge in [-0.25, -0.2) is 8.42 Å². The summed E-state index contributed by atoms with van der Waals surface area (Å²) in [4.78, 5) is 11.8. The standard InChI is InChI=1S/C13H24N2O3S/c16-13(15-12-5-3-1-2-4-6-12)10-19(17,18)9-11-7-14-8-11/h11-12,14H,1-10H2,(H,15,16). The summed E-state index contributed by atoms with van der Waals surface area (Å²) in [7, 11) is -3.25. The smallest absolute Gasteiger partial charge is 0.235 e. The summed E-state index contributed by atoms with van der Waals surface area (Å²) in [5.74, 6) is -0.340. The van der Waals surface area contributed by atoms with Crippen molar-refractivity contribution in [2.45, 2.75) is 44.6 Å². The Morgan fingerprint density at radius 1 is 1.11 bits per heavy atom. The lowest BCUT2D eigenvalue weighted by Crippen LogP contribution is -2.47. The van der Waals surface area contributed by atoms with E-state index < -0.39 is 9.84 Å². The molecular formula is C13H24N2O3S. The first kappa shape index (κ1) is 14.8. The summed E-state index contributed by atoms with van der Waals surface area (Å²) in [6, 6.07) is 0.176. The van der Waals surface area contributed by atoms with Gasteiger partial charge in [-0.1, -0.05) is 25.7 Å². The van der Waals surface area contributed by atoms with Crippen LogP contribution in [0.1, 0.15) is 38.5 Å². The molecule has 2 N–H and O–H groups in total. The Bertz CT molecular complexity index is 396. The van der Waals surface area contributed by atoms with Gasteiger partial charge in [-0.3, -0.25) is 4.79 Å². The normalized spacial score (nSPS) is 22.5. The van der Waals surface area contributed by atoms with Crippen LogP contribution in [-0.4, -0.2) is 45.0 Å². The van der Waals surface area contributed by atoms with Gasteiger partial charge in [0.25, 0.3) is 0 Å². The maximum Gasteiger partial charge on any atom is 0.235 e. The first-order valence-electron chi connectivity index (χ1n) is 7.26. The molecule has 0 atom stereocenters. The fraction of sp³-hybridized carbons (Fsp3) is 0.923. The van der Waals surface area contributed by atoms with Crippen LogP contribution < -0.4 is 10.6 Å². The molecule has 2 fully saturated rings. The molecule has 1 heterocycles. The highest BCUT2D eigenvalue weighted by Gasteiger charge is 2.26. The zero-order valence-electron chi connectivity index (χ0n) is 11.4. The summed E-state index contributed by atoms with van der Waals surface area (Å²) in [6.07, 6.45) is 6.67. The minimum absolute atomic E-state index is 0.137. The lowest BCUT2D eigenvalue weighted by molar-refractivity contribution is -0.119. The monoisotopic (exact) mass is 288 g/mol. The van der Waals surface area contributed by atoms with Crippen LogP contribution >= 0.6 is 0 Å². The molecule has 0 radical (unpaired) electrons. The van der Waals surface area contributed by atoms with E-state index >= 15 is 0 Å². The number of carbonyl (C=O) groups is 1. The summed E-state index contributed by atoms with van der Waals surface area (Å²) < 4.78 is 23.7. The van der Waals surface area contributed by atoms with Crippen molar-refractivity contribution in [1.29, 1.82) is 0 Å². The van der Waals surface area contributed by atoms with Gasteiger partial charge in [0.05, 0.1) is 5.75 Å². The summed E-state index contributed by atoms with van der Waals surface area (Å²) >= 11 is 0. The molecule has 0 unspecified atom stereocenters. The van der Waals surface area contributed by atoms with Gasteiger partial charge in [0, 0.05) is 19.1 Å². The van der Waals surface area contributed by atoms with Crippen LogP contribution in [0, 0.1) is 5.92 Å². The van der Waals surface area contributed by atoms with E-state index in [4.69, 9.17) is 0 Å². The second kappa shape index (κ2) is 6.70. The number of rotatable bonds is 5. The lowest BCUT2D eigenvalue weighted by Gasteiger charge is -2.26. The van der Waals surface area contributed by atoms with Gasteiger partial charge in [0.2, 0.25) is 5.91 Å². The maximum atomic E-state index is 11.9. The van der Waals surface area contributed by atoms with Crippen molar-refractivity contribution in [3.8, 4) is 0 Å². The molecule has 110 valence electrons. The van der Waals surface area contributed by atoms with Crippen molar-refractivity contribution in [1.82, 2.24) is 10.6 Å². The van der Waals surface area contributed by atoms with E-state index in [-0.39, 0.29) is 29.4 Å². The SMILES string of the molecule is O=C(CS(=O)(=O)CC1CNC1)NC1CCCCCC1. The second-order valence-corrected chi connectivity index (χ2v) is 7.94. The maximum absolute atomic E-state index is 11.9. The average Bonchev–Trinajstić information content (AvgIpc) is 2.51. The topological polar surface area (TPSA) is 75.3 Å². The van der Waals surface area contributed by atoms with Gasteiger partial charge >= 0.3 is 0 Å². The van der Waals surface area contributed by atoms with Gasteiger partial charge < -0.3 is 10.6 Å². The summed E-state index contributed by atoms with van der Waals surface area (Å²) in [5.41, 5.74) is 0. The highest BCUT2D eigenvalue weighted by Crippen LogP contribution is 2.17. The Morgan fingerprint density at radius 2 is 1.74 bits per heavy atom. The van der Waals surface area contributed by atoms with Gasteiger partial charge in [-0.15, -0.1) is 0 Å². The summed E-state index contributed by atoms with van der Waals surface area (Å²) in [6.45, 7) is 1.51. The molecule has 1 amide bonds. The van der Waals surface area contributed by atoms with Crippen molar-refractivity contribution < 1.29 is 13.2 Å². The van der Waals surface area contributed by atoms with E-state index in [9.17, 15) is 13.2 Å². The largest absolute Gasteiger partial charge is 0.352 e. The van der Waals surface area contributed by atoms with Crippen LogP contribution in [0.5, 0.6) is 0 Å². The molecule has 0 aromatic heterocycles. The van der Waals surface area contributed by atoms with Crippen molar-refractivity contribution in [2.24, 2.45) is 5.92 Å². The minimum atomic E-state index is -3.25. The zero-order chi connectivity index (χ0) is 13.7. The number of amides is 1. The third kappa shape index (κ3) is 5.10. The van der Waals surface area contributed by atoms with Gasteiger partial charge in [0.15, 0.2) is 9.84 Å². The highest BCUT2D eigenvalue weighted by molar-refractivity contribution is 7.92. The molecule has 0 aromatic carbocycles. The Kier molecular flexibility index (Phi) is 5.21. The van der Waals surface area contributed by atoms with Crippen molar-refractivity contribution in [3.63, 3.8) is 0 Å². The van der Waals surface area contributed by atoms with Crippen LogP contribution in [0.2, 0.25) is 0 Å². The van der Waals surface area contributed by atoms with Crippen LogP contribution in [0.15, 0.2) is 0 Å². The summed E-state index contributed by atoms with van der Waals surface area (Å²) in [5, 5.41) is 5.94. The predicted molar refractivity (Wildman–Crippen MR) is 74.6 cm³/mol. The minimum Gasteiger partial charge on any atom is -0.352 e. The lowest BCUT2D eigenvalue weighted by atomic mass is 10.1. The quantitative estimate of drug-likeness (QED) is 0.721. The Balaban J connectivity index is 1.75. The van der Waals surface area contributed by atoms with Crippen LogP contribution in [-0.2, 0) is 14.6 Å². The molecule has 6 heteroatoms. The number of hydrogen-bond acceptors (Lipinski definition) is 4. The van der Waals surface area contributed by atoms with Crippen LogP contribution in [0.3, 0.4) is 0 Å². The molecule has 1 saturated carbocycles. The molecule has 1 aliphatic carbocycles.